The van der Waals surface area contributed by atoms with Crippen molar-refractivity contribution in [3.63, 3.8) is 0 Å². The van der Waals surface area contributed by atoms with Crippen LogP contribution in [0.25, 0.3) is 0 Å². The number of nitrogens with one attached hydrogen (secondary N) is 1. The second-order valence-electron chi connectivity index (χ2n) is 4.79. The van der Waals surface area contributed by atoms with E-state index < -0.39 is 15.2 Å². The predicted octanol–water partition coefficient (Wildman–Crippen LogP) is 1.53. The summed E-state index contributed by atoms with van der Waals surface area (Å²) >= 11 is 0. The van der Waals surface area contributed by atoms with Gasteiger partial charge in [0.1, 0.15) is 5.37 Å². The van der Waals surface area contributed by atoms with Crippen LogP contribution in [0.5, 0.6) is 0 Å². The molecule has 0 bridgehead atoms. The van der Waals surface area contributed by atoms with Gasteiger partial charge in [0.15, 0.2) is 9.84 Å². The van der Waals surface area contributed by atoms with E-state index >= 15 is 0 Å². The predicted molar refractivity (Wildman–Crippen MR) is 70.3 cm³/mol. The van der Waals surface area contributed by atoms with Crippen LogP contribution in [0.2, 0.25) is 0 Å². The maximum Gasteiger partial charge on any atom is 0.196 e. The van der Waals surface area contributed by atoms with Gasteiger partial charge in [0.25, 0.3) is 0 Å². The SMILES string of the molecule is CC(C)c1ccc(S(=O)(=O)C2COCCN2)cc1. The van der Waals surface area contributed by atoms with E-state index in [2.05, 4.69) is 19.2 Å². The standard InChI is InChI=1S/C13H19NO3S/c1-10(2)11-3-5-12(6-4-11)18(15,16)13-9-17-8-7-14-13/h3-6,10,13-14H,7-9H2,1-2H3. The van der Waals surface area contributed by atoms with Gasteiger partial charge in [0.2, 0.25) is 0 Å². The molecule has 0 radical (unpaired) electrons. The largest absolute Gasteiger partial charge is 0.377 e. The Kier molecular flexibility index (Phi) is 4.04. The molecule has 5 heteroatoms. The number of benzene rings is 1. The average molecular weight is 269 g/mol. The van der Waals surface area contributed by atoms with Crippen LogP contribution in [0.1, 0.15) is 25.3 Å². The van der Waals surface area contributed by atoms with Crippen molar-refractivity contribution in [2.75, 3.05) is 19.8 Å². The van der Waals surface area contributed by atoms with Gasteiger partial charge in [-0.2, -0.15) is 0 Å². The van der Waals surface area contributed by atoms with Crippen molar-refractivity contribution in [2.24, 2.45) is 0 Å². The number of ether oxygens (including phenoxy) is 1. The Morgan fingerprint density at radius 2 is 1.94 bits per heavy atom. The zero-order chi connectivity index (χ0) is 13.2. The van der Waals surface area contributed by atoms with Crippen LogP contribution < -0.4 is 5.32 Å². The van der Waals surface area contributed by atoms with Gasteiger partial charge < -0.3 is 4.74 Å². The maximum absolute atomic E-state index is 12.3. The molecule has 1 aromatic rings. The molecule has 2 rings (SSSR count). The lowest BCUT2D eigenvalue weighted by Crippen LogP contribution is -2.46. The smallest absolute Gasteiger partial charge is 0.196 e. The quantitative estimate of drug-likeness (QED) is 0.904. The first-order chi connectivity index (χ1) is 8.51. The summed E-state index contributed by atoms with van der Waals surface area (Å²) < 4.78 is 29.9. The van der Waals surface area contributed by atoms with E-state index in [0.29, 0.717) is 24.0 Å². The molecular weight excluding hydrogens is 250 g/mol. The minimum absolute atomic E-state index is 0.217. The molecule has 4 nitrogen and oxygen atoms in total. The molecule has 0 aliphatic carbocycles. The monoisotopic (exact) mass is 269 g/mol. The molecule has 1 N–H and O–H groups in total. The fourth-order valence-electron chi connectivity index (χ4n) is 1.95. The molecule has 1 saturated heterocycles. The van der Waals surface area contributed by atoms with Crippen molar-refractivity contribution in [3.8, 4) is 0 Å². The Morgan fingerprint density at radius 1 is 1.28 bits per heavy atom. The summed E-state index contributed by atoms with van der Waals surface area (Å²) in [4.78, 5) is 0.356. The molecule has 1 heterocycles. The van der Waals surface area contributed by atoms with E-state index in [1.165, 1.54) is 0 Å². The minimum Gasteiger partial charge on any atom is -0.377 e. The van der Waals surface area contributed by atoms with Crippen molar-refractivity contribution in [3.05, 3.63) is 29.8 Å². The zero-order valence-electron chi connectivity index (χ0n) is 10.7. The van der Waals surface area contributed by atoms with E-state index in [9.17, 15) is 8.42 Å². The Balaban J connectivity index is 2.23. The third-order valence-electron chi connectivity index (χ3n) is 3.14. The van der Waals surface area contributed by atoms with Crippen molar-refractivity contribution in [2.45, 2.75) is 30.0 Å². The topological polar surface area (TPSA) is 55.4 Å². The van der Waals surface area contributed by atoms with Gasteiger partial charge in [-0.25, -0.2) is 8.42 Å². The molecule has 100 valence electrons. The lowest BCUT2D eigenvalue weighted by Gasteiger charge is -2.23. The van der Waals surface area contributed by atoms with Crippen molar-refractivity contribution >= 4 is 9.84 Å². The fraction of sp³-hybridized carbons (Fsp3) is 0.538. The van der Waals surface area contributed by atoms with Crippen LogP contribution >= 0.6 is 0 Å². The summed E-state index contributed by atoms with van der Waals surface area (Å²) in [5.74, 6) is 0.401. The van der Waals surface area contributed by atoms with E-state index in [4.69, 9.17) is 4.74 Å². The number of rotatable bonds is 3. The second-order valence-corrected chi connectivity index (χ2v) is 6.92. The highest BCUT2D eigenvalue weighted by molar-refractivity contribution is 7.92. The Hall–Kier alpha value is -0.910. The highest BCUT2D eigenvalue weighted by atomic mass is 32.2. The molecular formula is C13H19NO3S. The van der Waals surface area contributed by atoms with Crippen molar-refractivity contribution in [1.29, 1.82) is 0 Å². The molecule has 1 atom stereocenters. The zero-order valence-corrected chi connectivity index (χ0v) is 11.5. The first-order valence-corrected chi connectivity index (χ1v) is 7.71. The summed E-state index contributed by atoms with van der Waals surface area (Å²) in [7, 11) is -3.34. The summed E-state index contributed by atoms with van der Waals surface area (Å²) in [6.07, 6.45) is 0. The highest BCUT2D eigenvalue weighted by Crippen LogP contribution is 2.20. The van der Waals surface area contributed by atoms with Crippen LogP contribution in [0, 0.1) is 0 Å². The van der Waals surface area contributed by atoms with Gasteiger partial charge >= 0.3 is 0 Å². The number of hydrogen-bond acceptors (Lipinski definition) is 4. The van der Waals surface area contributed by atoms with Crippen LogP contribution in [-0.4, -0.2) is 33.6 Å². The molecule has 1 fully saturated rings. The Bertz CT molecular complexity index is 487. The van der Waals surface area contributed by atoms with Crippen LogP contribution in [0.4, 0.5) is 0 Å². The molecule has 1 aliphatic rings. The summed E-state index contributed by atoms with van der Waals surface area (Å²) in [6, 6.07) is 7.12. The van der Waals surface area contributed by atoms with Gasteiger partial charge in [0, 0.05) is 6.54 Å². The first kappa shape index (κ1) is 13.5. The van der Waals surface area contributed by atoms with E-state index in [0.717, 1.165) is 5.56 Å². The van der Waals surface area contributed by atoms with Crippen LogP contribution in [0.3, 0.4) is 0 Å². The fourth-order valence-corrected chi connectivity index (χ4v) is 3.40. The molecule has 1 aliphatic heterocycles. The van der Waals surface area contributed by atoms with Crippen LogP contribution in [0.15, 0.2) is 29.2 Å². The van der Waals surface area contributed by atoms with Gasteiger partial charge in [-0.1, -0.05) is 26.0 Å². The number of hydrogen-bond donors (Lipinski definition) is 1. The molecule has 0 saturated carbocycles. The van der Waals surface area contributed by atoms with E-state index in [-0.39, 0.29) is 6.61 Å². The van der Waals surface area contributed by atoms with E-state index in [1.807, 2.05) is 12.1 Å². The maximum atomic E-state index is 12.3. The summed E-state index contributed by atoms with van der Waals surface area (Å²) in [5.41, 5.74) is 1.14. The molecule has 18 heavy (non-hydrogen) atoms. The van der Waals surface area contributed by atoms with Gasteiger partial charge in [-0.15, -0.1) is 0 Å². The third-order valence-corrected chi connectivity index (χ3v) is 5.12. The van der Waals surface area contributed by atoms with Crippen LogP contribution in [-0.2, 0) is 14.6 Å². The highest BCUT2D eigenvalue weighted by Gasteiger charge is 2.29. The molecule has 0 spiro atoms. The number of morpholine rings is 1. The lowest BCUT2D eigenvalue weighted by molar-refractivity contribution is 0.0978. The van der Waals surface area contributed by atoms with Gasteiger partial charge in [0.05, 0.1) is 18.1 Å². The minimum atomic E-state index is -3.34. The summed E-state index contributed by atoms with van der Waals surface area (Å²) in [5, 5.41) is 2.35. The lowest BCUT2D eigenvalue weighted by atomic mass is 10.0. The van der Waals surface area contributed by atoms with Crippen molar-refractivity contribution in [1.82, 2.24) is 5.32 Å². The Morgan fingerprint density at radius 3 is 2.44 bits per heavy atom. The molecule has 0 aromatic heterocycles. The third kappa shape index (κ3) is 2.74. The molecule has 1 unspecified atom stereocenters. The normalized spacial score (nSPS) is 21.2. The summed E-state index contributed by atoms with van der Waals surface area (Å²) in [6.45, 7) is 5.53. The van der Waals surface area contributed by atoms with E-state index in [1.54, 1.807) is 12.1 Å². The molecule has 1 aromatic carbocycles. The van der Waals surface area contributed by atoms with Gasteiger partial charge in [-0.05, 0) is 23.6 Å². The Labute approximate surface area is 108 Å². The number of sulfone groups is 1. The first-order valence-electron chi connectivity index (χ1n) is 6.17. The van der Waals surface area contributed by atoms with Gasteiger partial charge in [-0.3, -0.25) is 5.32 Å². The average Bonchev–Trinajstić information content (AvgIpc) is 2.40. The van der Waals surface area contributed by atoms with Crippen molar-refractivity contribution < 1.29 is 13.2 Å². The molecule has 0 amide bonds. The second kappa shape index (κ2) is 5.38.